The van der Waals surface area contributed by atoms with Crippen molar-refractivity contribution >= 4 is 0 Å². The Morgan fingerprint density at radius 2 is 2.10 bits per heavy atom. The summed E-state index contributed by atoms with van der Waals surface area (Å²) >= 11 is 0. The number of hydrogen-bond donors (Lipinski definition) is 1. The van der Waals surface area contributed by atoms with Crippen molar-refractivity contribution in [3.8, 4) is 11.5 Å². The van der Waals surface area contributed by atoms with Gasteiger partial charge in [0.05, 0.1) is 7.11 Å². The second-order valence-electron chi connectivity index (χ2n) is 4.91. The molecule has 0 aliphatic carbocycles. The van der Waals surface area contributed by atoms with Crippen LogP contribution in [0.1, 0.15) is 29.7 Å². The highest BCUT2D eigenvalue weighted by Crippen LogP contribution is 2.41. The van der Waals surface area contributed by atoms with Gasteiger partial charge in [-0.1, -0.05) is 18.2 Å². The Morgan fingerprint density at radius 1 is 1.25 bits per heavy atom. The molecule has 0 saturated heterocycles. The maximum absolute atomic E-state index is 13.3. The topological polar surface area (TPSA) is 44.5 Å². The first kappa shape index (κ1) is 12.9. The molecule has 0 amide bonds. The molecule has 1 heterocycles. The molecule has 3 rings (SSSR count). The van der Waals surface area contributed by atoms with Crippen molar-refractivity contribution in [2.24, 2.45) is 5.73 Å². The second-order valence-corrected chi connectivity index (χ2v) is 4.91. The minimum Gasteiger partial charge on any atom is -0.497 e. The van der Waals surface area contributed by atoms with Crippen LogP contribution in [0.15, 0.2) is 42.5 Å². The molecule has 0 radical (unpaired) electrons. The summed E-state index contributed by atoms with van der Waals surface area (Å²) in [7, 11) is 1.61. The van der Waals surface area contributed by atoms with Crippen LogP contribution in [0.25, 0.3) is 0 Å². The molecule has 4 heteroatoms. The fraction of sp³-hybridized carbons (Fsp3) is 0.250. The first-order chi connectivity index (χ1) is 9.67. The van der Waals surface area contributed by atoms with Gasteiger partial charge in [-0.3, -0.25) is 0 Å². The maximum Gasteiger partial charge on any atom is 0.128 e. The molecule has 2 N–H and O–H groups in total. The van der Waals surface area contributed by atoms with Crippen LogP contribution in [-0.2, 0) is 0 Å². The van der Waals surface area contributed by atoms with E-state index in [-0.39, 0.29) is 18.0 Å². The molecule has 1 aliphatic rings. The van der Waals surface area contributed by atoms with E-state index in [1.807, 2.05) is 24.3 Å². The predicted octanol–water partition coefficient (Wildman–Crippen LogP) is 3.36. The summed E-state index contributed by atoms with van der Waals surface area (Å²) in [4.78, 5) is 0. The van der Waals surface area contributed by atoms with Gasteiger partial charge in [0.2, 0.25) is 0 Å². The summed E-state index contributed by atoms with van der Waals surface area (Å²) in [6, 6.07) is 11.9. The standard InChI is InChI=1S/C16H16FNO2/c1-19-12-5-6-13-14(18)9-15(20-16(13)8-12)10-3-2-4-11(17)7-10/h2-8,14-15H,9,18H2,1H3/t14-,15?/m0/s1. The van der Waals surface area contributed by atoms with Gasteiger partial charge in [-0.25, -0.2) is 4.39 Å². The van der Waals surface area contributed by atoms with Crippen molar-refractivity contribution in [2.45, 2.75) is 18.6 Å². The number of halogens is 1. The molecule has 3 nitrogen and oxygen atoms in total. The molecule has 20 heavy (non-hydrogen) atoms. The zero-order valence-electron chi connectivity index (χ0n) is 11.2. The van der Waals surface area contributed by atoms with E-state index >= 15 is 0 Å². The van der Waals surface area contributed by atoms with Crippen LogP contribution < -0.4 is 15.2 Å². The number of nitrogens with two attached hydrogens (primary N) is 1. The molecule has 1 aliphatic heterocycles. The first-order valence-corrected chi connectivity index (χ1v) is 6.53. The molecule has 0 aromatic heterocycles. The van der Waals surface area contributed by atoms with Gasteiger partial charge in [0.1, 0.15) is 23.4 Å². The third-order valence-corrected chi connectivity index (χ3v) is 3.58. The van der Waals surface area contributed by atoms with E-state index in [1.165, 1.54) is 12.1 Å². The van der Waals surface area contributed by atoms with E-state index in [0.717, 1.165) is 16.9 Å². The highest BCUT2D eigenvalue weighted by atomic mass is 19.1. The van der Waals surface area contributed by atoms with Gasteiger partial charge in [-0.2, -0.15) is 0 Å². The lowest BCUT2D eigenvalue weighted by Gasteiger charge is -2.30. The zero-order valence-corrected chi connectivity index (χ0v) is 11.2. The van der Waals surface area contributed by atoms with Crippen LogP contribution in [0, 0.1) is 5.82 Å². The lowest BCUT2D eigenvalue weighted by Crippen LogP contribution is -2.24. The van der Waals surface area contributed by atoms with Gasteiger partial charge in [0.15, 0.2) is 0 Å². The van der Waals surface area contributed by atoms with E-state index in [0.29, 0.717) is 12.2 Å². The van der Waals surface area contributed by atoms with Crippen molar-refractivity contribution in [1.29, 1.82) is 0 Å². The fourth-order valence-electron chi connectivity index (χ4n) is 2.52. The highest BCUT2D eigenvalue weighted by molar-refractivity contribution is 5.44. The van der Waals surface area contributed by atoms with Crippen molar-refractivity contribution < 1.29 is 13.9 Å². The summed E-state index contributed by atoms with van der Waals surface area (Å²) in [5.74, 6) is 1.16. The summed E-state index contributed by atoms with van der Waals surface area (Å²) in [5, 5.41) is 0. The van der Waals surface area contributed by atoms with Gasteiger partial charge < -0.3 is 15.2 Å². The molecule has 1 unspecified atom stereocenters. The Balaban J connectivity index is 1.95. The summed E-state index contributed by atoms with van der Waals surface area (Å²) in [6.45, 7) is 0. The molecule has 2 aromatic carbocycles. The van der Waals surface area contributed by atoms with Gasteiger partial charge >= 0.3 is 0 Å². The molecule has 2 atom stereocenters. The Morgan fingerprint density at radius 3 is 2.85 bits per heavy atom. The number of rotatable bonds is 2. The molecule has 0 bridgehead atoms. The lowest BCUT2D eigenvalue weighted by atomic mass is 9.93. The van der Waals surface area contributed by atoms with Gasteiger partial charge in [-0.15, -0.1) is 0 Å². The van der Waals surface area contributed by atoms with Crippen molar-refractivity contribution in [2.75, 3.05) is 7.11 Å². The van der Waals surface area contributed by atoms with Crippen molar-refractivity contribution in [1.82, 2.24) is 0 Å². The van der Waals surface area contributed by atoms with E-state index < -0.39 is 0 Å². The Hall–Kier alpha value is -2.07. The van der Waals surface area contributed by atoms with Crippen LogP contribution in [0.5, 0.6) is 11.5 Å². The van der Waals surface area contributed by atoms with Crippen molar-refractivity contribution in [3.05, 3.63) is 59.4 Å². The van der Waals surface area contributed by atoms with Gasteiger partial charge in [0, 0.05) is 24.1 Å². The molecule has 0 saturated carbocycles. The molecule has 0 spiro atoms. The fourth-order valence-corrected chi connectivity index (χ4v) is 2.52. The van der Waals surface area contributed by atoms with Crippen molar-refractivity contribution in [3.63, 3.8) is 0 Å². The minimum absolute atomic E-state index is 0.127. The van der Waals surface area contributed by atoms with Crippen LogP contribution in [0.3, 0.4) is 0 Å². The predicted molar refractivity (Wildman–Crippen MR) is 74.3 cm³/mol. The van der Waals surface area contributed by atoms with E-state index in [2.05, 4.69) is 0 Å². The Kier molecular flexibility index (Phi) is 3.32. The molecule has 104 valence electrons. The zero-order chi connectivity index (χ0) is 14.1. The summed E-state index contributed by atoms with van der Waals surface area (Å²) < 4.78 is 24.5. The lowest BCUT2D eigenvalue weighted by molar-refractivity contribution is 0.160. The maximum atomic E-state index is 13.3. The van der Waals surface area contributed by atoms with Gasteiger partial charge in [-0.05, 0) is 23.8 Å². The Bertz CT molecular complexity index is 630. The van der Waals surface area contributed by atoms with E-state index in [4.69, 9.17) is 15.2 Å². The second kappa shape index (κ2) is 5.13. The number of hydrogen-bond acceptors (Lipinski definition) is 3. The molecule has 2 aromatic rings. The highest BCUT2D eigenvalue weighted by Gasteiger charge is 2.27. The van der Waals surface area contributed by atoms with Crippen LogP contribution >= 0.6 is 0 Å². The number of ether oxygens (including phenoxy) is 2. The third kappa shape index (κ3) is 2.34. The van der Waals surface area contributed by atoms with Crippen LogP contribution in [-0.4, -0.2) is 7.11 Å². The number of benzene rings is 2. The average molecular weight is 273 g/mol. The van der Waals surface area contributed by atoms with Gasteiger partial charge in [0.25, 0.3) is 0 Å². The summed E-state index contributed by atoms with van der Waals surface area (Å²) in [5.41, 5.74) is 7.95. The average Bonchev–Trinajstić information content (AvgIpc) is 2.46. The quantitative estimate of drug-likeness (QED) is 0.912. The first-order valence-electron chi connectivity index (χ1n) is 6.53. The van der Waals surface area contributed by atoms with Crippen LogP contribution in [0.4, 0.5) is 4.39 Å². The number of fused-ring (bicyclic) bond motifs is 1. The largest absolute Gasteiger partial charge is 0.497 e. The normalized spacial score (nSPS) is 20.9. The SMILES string of the molecule is COc1ccc2c(c1)OC(c1cccc(F)c1)C[C@@H]2N. The third-order valence-electron chi connectivity index (χ3n) is 3.58. The monoisotopic (exact) mass is 273 g/mol. The smallest absolute Gasteiger partial charge is 0.128 e. The number of methoxy groups -OCH3 is 1. The van der Waals surface area contributed by atoms with E-state index in [9.17, 15) is 4.39 Å². The molecular weight excluding hydrogens is 257 g/mol. The molecule has 0 fully saturated rings. The Labute approximate surface area is 117 Å². The summed E-state index contributed by atoms with van der Waals surface area (Å²) in [6.07, 6.45) is 0.392. The minimum atomic E-state index is -0.267. The molecular formula is C16H16FNO2. The van der Waals surface area contributed by atoms with E-state index in [1.54, 1.807) is 13.2 Å². The van der Waals surface area contributed by atoms with Crippen LogP contribution in [0.2, 0.25) is 0 Å².